The number of nitrogens with two attached hydrogens (primary N) is 2. The predicted octanol–water partition coefficient (Wildman–Crippen LogP) is -1.23. The number of nitrogens with one attached hydrogen (secondary N) is 6. The number of hydrogen-bond acceptors (Lipinski definition) is 8. The van der Waals surface area contributed by atoms with Crippen LogP contribution >= 0.6 is 0 Å². The highest BCUT2D eigenvalue weighted by Crippen LogP contribution is 2.19. The fourth-order valence-electron chi connectivity index (χ4n) is 4.65. The van der Waals surface area contributed by atoms with Gasteiger partial charge < -0.3 is 47.5 Å². The number of aromatic amines is 3. The van der Waals surface area contributed by atoms with E-state index in [0.717, 1.165) is 10.9 Å². The summed E-state index contributed by atoms with van der Waals surface area (Å²) in [6, 6.07) is 2.38. The molecule has 1 aromatic carbocycles. The van der Waals surface area contributed by atoms with Crippen LogP contribution in [0.3, 0.4) is 0 Å². The number of fused-ring (bicyclic) bond motifs is 1. The average molecular weight is 607 g/mol. The molecule has 4 rings (SSSR count). The predicted molar refractivity (Wildman–Crippen MR) is 156 cm³/mol. The minimum absolute atomic E-state index is 0.0309. The number of imidazole rings is 2. The van der Waals surface area contributed by atoms with Gasteiger partial charge in [0.1, 0.15) is 18.1 Å². The molecule has 4 atom stereocenters. The summed E-state index contributed by atoms with van der Waals surface area (Å²) in [5.41, 5.74) is 13.9. The number of amides is 4. The Labute approximate surface area is 250 Å². The van der Waals surface area contributed by atoms with Crippen LogP contribution in [0.25, 0.3) is 10.9 Å². The van der Waals surface area contributed by atoms with Crippen LogP contribution in [0.2, 0.25) is 0 Å². The van der Waals surface area contributed by atoms with Crippen molar-refractivity contribution in [2.45, 2.75) is 56.3 Å². The summed E-state index contributed by atoms with van der Waals surface area (Å²) in [5, 5.41) is 18.3. The lowest BCUT2D eigenvalue weighted by atomic mass is 10.0. The van der Waals surface area contributed by atoms with Crippen LogP contribution in [0.5, 0.6) is 0 Å². The maximum Gasteiger partial charge on any atom is 0.326 e. The van der Waals surface area contributed by atoms with Crippen molar-refractivity contribution >= 4 is 40.5 Å². The van der Waals surface area contributed by atoms with Crippen LogP contribution in [0.4, 0.5) is 0 Å². The highest BCUT2D eigenvalue weighted by atomic mass is 16.4. The molecule has 0 aliphatic carbocycles. The second-order valence-electron chi connectivity index (χ2n) is 10.3. The molecule has 4 aromatic rings. The summed E-state index contributed by atoms with van der Waals surface area (Å²) in [4.78, 5) is 80.1. The van der Waals surface area contributed by atoms with Gasteiger partial charge in [-0.05, 0) is 18.1 Å². The molecule has 0 aliphatic heterocycles. The van der Waals surface area contributed by atoms with Gasteiger partial charge in [0.25, 0.3) is 0 Å². The molecule has 3 aromatic heterocycles. The van der Waals surface area contributed by atoms with Gasteiger partial charge in [0.15, 0.2) is 0 Å². The van der Waals surface area contributed by atoms with Gasteiger partial charge in [0, 0.05) is 66.6 Å². The van der Waals surface area contributed by atoms with Crippen molar-refractivity contribution in [1.29, 1.82) is 0 Å². The van der Waals surface area contributed by atoms with Crippen LogP contribution in [0, 0.1) is 0 Å². The number of carboxylic acid groups (broad SMARTS) is 1. The van der Waals surface area contributed by atoms with E-state index in [1.165, 1.54) is 25.0 Å². The lowest BCUT2D eigenvalue weighted by molar-refractivity contribution is -0.142. The smallest absolute Gasteiger partial charge is 0.326 e. The molecule has 232 valence electrons. The lowest BCUT2D eigenvalue weighted by Crippen LogP contribution is -2.58. The summed E-state index contributed by atoms with van der Waals surface area (Å²) in [6.45, 7) is 0. The molecular weight excluding hydrogens is 572 g/mol. The number of primary amides is 1. The van der Waals surface area contributed by atoms with Crippen molar-refractivity contribution in [2.75, 3.05) is 0 Å². The molecule has 4 amide bonds. The number of aromatic nitrogens is 5. The quantitative estimate of drug-likeness (QED) is 0.0738. The van der Waals surface area contributed by atoms with Crippen LogP contribution in [0.1, 0.15) is 29.8 Å². The molecule has 0 aliphatic rings. The number of nitrogens with zero attached hydrogens (tertiary/aromatic N) is 2. The van der Waals surface area contributed by atoms with Gasteiger partial charge in [0.2, 0.25) is 23.6 Å². The Bertz CT molecular complexity index is 1580. The van der Waals surface area contributed by atoms with E-state index in [1.54, 1.807) is 6.20 Å². The Balaban J connectivity index is 1.48. The van der Waals surface area contributed by atoms with Crippen molar-refractivity contribution in [3.63, 3.8) is 0 Å². The maximum absolute atomic E-state index is 13.5. The van der Waals surface area contributed by atoms with Crippen LogP contribution in [-0.4, -0.2) is 83.8 Å². The standard InChI is InChI=1S/C28H34N10O6/c29-19(8-16-11-31-13-34-16)25(40)37-22(9-17-12-32-14-35-17)27(42)36-21(5-6-24(30)39)26(41)38-23(28(43)44)7-15-10-33-20-4-2-1-3-18(15)20/h1-4,10-14,19,21-23,33H,5-9,29H2,(H2,30,39)(H,31,34)(H,32,35)(H,36,42)(H,37,40)(H,38,41)(H,43,44). The molecule has 0 fully saturated rings. The highest BCUT2D eigenvalue weighted by Gasteiger charge is 2.31. The summed E-state index contributed by atoms with van der Waals surface area (Å²) in [7, 11) is 0. The largest absolute Gasteiger partial charge is 0.480 e. The first-order chi connectivity index (χ1) is 21.1. The fourth-order valence-corrected chi connectivity index (χ4v) is 4.65. The molecule has 0 saturated carbocycles. The molecule has 16 heteroatoms. The molecule has 16 nitrogen and oxygen atoms in total. The number of carboxylic acids is 1. The summed E-state index contributed by atoms with van der Waals surface area (Å²) >= 11 is 0. The van der Waals surface area contributed by atoms with Crippen molar-refractivity contribution in [1.82, 2.24) is 40.9 Å². The number of carbonyl (C=O) groups is 5. The van der Waals surface area contributed by atoms with Gasteiger partial charge >= 0.3 is 5.97 Å². The summed E-state index contributed by atoms with van der Waals surface area (Å²) in [5.74, 6) is -4.26. The first kappa shape index (κ1) is 31.4. The second kappa shape index (κ2) is 14.6. The van der Waals surface area contributed by atoms with Gasteiger partial charge in [-0.15, -0.1) is 0 Å². The van der Waals surface area contributed by atoms with Crippen molar-refractivity contribution in [3.8, 4) is 0 Å². The first-order valence-electron chi connectivity index (χ1n) is 13.8. The van der Waals surface area contributed by atoms with Crippen molar-refractivity contribution in [2.24, 2.45) is 11.5 Å². The SMILES string of the molecule is NC(=O)CCC(NC(=O)C(Cc1cnc[nH]1)NC(=O)C(N)Cc1cnc[nH]1)C(=O)NC(Cc1c[nH]c2ccccc12)C(=O)O. The zero-order chi connectivity index (χ0) is 31.6. The first-order valence-corrected chi connectivity index (χ1v) is 13.8. The third-order valence-corrected chi connectivity index (χ3v) is 6.97. The second-order valence-corrected chi connectivity index (χ2v) is 10.3. The van der Waals surface area contributed by atoms with Gasteiger partial charge in [-0.3, -0.25) is 19.2 Å². The van der Waals surface area contributed by atoms with Crippen LogP contribution < -0.4 is 27.4 Å². The monoisotopic (exact) mass is 606 g/mol. The number of hydrogen-bond donors (Lipinski definition) is 9. The maximum atomic E-state index is 13.5. The van der Waals surface area contributed by atoms with Gasteiger partial charge in [0.05, 0.1) is 18.7 Å². The number of aliphatic carboxylic acids is 1. The van der Waals surface area contributed by atoms with E-state index in [4.69, 9.17) is 11.5 Å². The van der Waals surface area contributed by atoms with E-state index in [-0.39, 0.29) is 32.1 Å². The van der Waals surface area contributed by atoms with Crippen LogP contribution in [-0.2, 0) is 43.2 Å². The van der Waals surface area contributed by atoms with E-state index in [1.807, 2.05) is 24.3 Å². The average Bonchev–Trinajstić information content (AvgIpc) is 3.77. The molecule has 44 heavy (non-hydrogen) atoms. The molecule has 4 unspecified atom stereocenters. The molecular formula is C28H34N10O6. The van der Waals surface area contributed by atoms with Crippen LogP contribution in [0.15, 0.2) is 55.5 Å². The van der Waals surface area contributed by atoms with Gasteiger partial charge in [-0.25, -0.2) is 14.8 Å². The summed E-state index contributed by atoms with van der Waals surface area (Å²) < 4.78 is 0. The fraction of sp³-hybridized carbons (Fsp3) is 0.321. The molecule has 0 bridgehead atoms. The van der Waals surface area contributed by atoms with Crippen molar-refractivity contribution < 1.29 is 29.1 Å². The Kier molecular flexibility index (Phi) is 10.4. The minimum atomic E-state index is -1.35. The Hall–Kier alpha value is -5.51. The lowest BCUT2D eigenvalue weighted by Gasteiger charge is -2.25. The molecule has 11 N–H and O–H groups in total. The zero-order valence-electron chi connectivity index (χ0n) is 23.6. The number of H-pyrrole nitrogens is 3. The Morgan fingerprint density at radius 2 is 1.41 bits per heavy atom. The number of carbonyl (C=O) groups excluding carboxylic acids is 4. The minimum Gasteiger partial charge on any atom is -0.480 e. The summed E-state index contributed by atoms with van der Waals surface area (Å²) in [6.07, 6.45) is 7.07. The molecule has 0 saturated heterocycles. The van der Waals surface area contributed by atoms with E-state index in [9.17, 15) is 29.1 Å². The van der Waals surface area contributed by atoms with Gasteiger partial charge in [-0.2, -0.15) is 0 Å². The molecule has 0 radical (unpaired) electrons. The number of para-hydroxylation sites is 1. The highest BCUT2D eigenvalue weighted by molar-refractivity contribution is 5.94. The van der Waals surface area contributed by atoms with Crippen molar-refractivity contribution in [3.05, 3.63) is 72.5 Å². The third kappa shape index (κ3) is 8.51. The number of rotatable bonds is 16. The normalized spacial score (nSPS) is 13.8. The topological polar surface area (TPSA) is 267 Å². The van der Waals surface area contributed by atoms with E-state index < -0.39 is 53.8 Å². The molecule has 3 heterocycles. The Morgan fingerprint density at radius 3 is 2.05 bits per heavy atom. The molecule has 0 spiro atoms. The third-order valence-electron chi connectivity index (χ3n) is 6.97. The zero-order valence-corrected chi connectivity index (χ0v) is 23.6. The van der Waals surface area contributed by atoms with E-state index in [0.29, 0.717) is 17.0 Å². The number of benzene rings is 1. The Morgan fingerprint density at radius 1 is 0.795 bits per heavy atom. The van der Waals surface area contributed by atoms with Gasteiger partial charge in [-0.1, -0.05) is 18.2 Å². The van der Waals surface area contributed by atoms with E-state index >= 15 is 0 Å². The van der Waals surface area contributed by atoms with E-state index in [2.05, 4.69) is 40.9 Å².